The summed E-state index contributed by atoms with van der Waals surface area (Å²) in [7, 11) is 0. The standard InChI is InChI=1S/C13H18O3/c1-3-6-10-11(13(14)15)7-5-8-12(10)16-9-4-2/h5,7-8H,3-4,6,9H2,1-2H3,(H,14,15). The molecule has 0 aliphatic rings. The maximum atomic E-state index is 11.1. The van der Waals surface area contributed by atoms with Crippen LogP contribution in [0.25, 0.3) is 0 Å². The number of carboxylic acid groups (broad SMARTS) is 1. The zero-order valence-electron chi connectivity index (χ0n) is 9.82. The lowest BCUT2D eigenvalue weighted by Crippen LogP contribution is -2.06. The van der Waals surface area contributed by atoms with Crippen LogP contribution in [0.4, 0.5) is 0 Å². The molecule has 0 aliphatic heterocycles. The molecule has 0 heterocycles. The van der Waals surface area contributed by atoms with E-state index in [4.69, 9.17) is 9.84 Å². The van der Waals surface area contributed by atoms with Crippen molar-refractivity contribution < 1.29 is 14.6 Å². The van der Waals surface area contributed by atoms with E-state index in [0.717, 1.165) is 24.8 Å². The monoisotopic (exact) mass is 222 g/mol. The molecular formula is C13H18O3. The maximum Gasteiger partial charge on any atom is 0.336 e. The SMILES string of the molecule is CCCOc1cccc(C(=O)O)c1CCC. The van der Waals surface area contributed by atoms with Gasteiger partial charge in [0.2, 0.25) is 0 Å². The molecule has 0 unspecified atom stereocenters. The molecule has 1 N–H and O–H groups in total. The molecule has 0 atom stereocenters. The van der Waals surface area contributed by atoms with Crippen molar-refractivity contribution in [1.29, 1.82) is 0 Å². The van der Waals surface area contributed by atoms with Crippen molar-refractivity contribution in [3.63, 3.8) is 0 Å². The number of benzene rings is 1. The van der Waals surface area contributed by atoms with Crippen molar-refractivity contribution in [3.8, 4) is 5.75 Å². The third kappa shape index (κ3) is 2.99. The first-order valence-corrected chi connectivity index (χ1v) is 5.68. The van der Waals surface area contributed by atoms with Crippen LogP contribution in [0, 0.1) is 0 Å². The molecule has 1 aromatic rings. The molecule has 16 heavy (non-hydrogen) atoms. The second kappa shape index (κ2) is 6.16. The first-order chi connectivity index (χ1) is 7.70. The number of rotatable bonds is 6. The highest BCUT2D eigenvalue weighted by atomic mass is 16.5. The summed E-state index contributed by atoms with van der Waals surface area (Å²) in [4.78, 5) is 11.1. The summed E-state index contributed by atoms with van der Waals surface area (Å²) in [6.45, 7) is 4.68. The molecule has 1 aromatic carbocycles. The number of hydrogen-bond donors (Lipinski definition) is 1. The first-order valence-electron chi connectivity index (χ1n) is 5.68. The Labute approximate surface area is 96.1 Å². The van der Waals surface area contributed by atoms with Crippen LogP contribution in [-0.4, -0.2) is 17.7 Å². The van der Waals surface area contributed by atoms with Gasteiger partial charge >= 0.3 is 5.97 Å². The van der Waals surface area contributed by atoms with Crippen LogP contribution in [0.5, 0.6) is 5.75 Å². The van der Waals surface area contributed by atoms with Gasteiger partial charge in [0.05, 0.1) is 12.2 Å². The summed E-state index contributed by atoms with van der Waals surface area (Å²) in [6.07, 6.45) is 2.57. The molecule has 0 saturated carbocycles. The van der Waals surface area contributed by atoms with Gasteiger partial charge in [-0.3, -0.25) is 0 Å². The van der Waals surface area contributed by atoms with Crippen molar-refractivity contribution >= 4 is 5.97 Å². The van der Waals surface area contributed by atoms with Crippen LogP contribution in [0.1, 0.15) is 42.6 Å². The molecule has 3 heteroatoms. The Morgan fingerprint density at radius 3 is 2.62 bits per heavy atom. The van der Waals surface area contributed by atoms with Gasteiger partial charge in [0.1, 0.15) is 5.75 Å². The topological polar surface area (TPSA) is 46.5 Å². The van der Waals surface area contributed by atoms with E-state index in [1.54, 1.807) is 12.1 Å². The highest BCUT2D eigenvalue weighted by Gasteiger charge is 2.13. The quantitative estimate of drug-likeness (QED) is 0.804. The van der Waals surface area contributed by atoms with Crippen molar-refractivity contribution in [2.24, 2.45) is 0 Å². The zero-order chi connectivity index (χ0) is 12.0. The molecule has 0 aromatic heterocycles. The highest BCUT2D eigenvalue weighted by Crippen LogP contribution is 2.24. The molecule has 0 saturated heterocycles. The smallest absolute Gasteiger partial charge is 0.336 e. The Bertz CT molecular complexity index is 358. The van der Waals surface area contributed by atoms with E-state index in [0.29, 0.717) is 17.9 Å². The van der Waals surface area contributed by atoms with Crippen LogP contribution in [0.3, 0.4) is 0 Å². The molecule has 0 fully saturated rings. The van der Waals surface area contributed by atoms with Crippen LogP contribution in [0.2, 0.25) is 0 Å². The normalized spacial score (nSPS) is 10.1. The largest absolute Gasteiger partial charge is 0.493 e. The molecule has 0 bridgehead atoms. The Morgan fingerprint density at radius 1 is 1.31 bits per heavy atom. The van der Waals surface area contributed by atoms with Crippen molar-refractivity contribution in [2.75, 3.05) is 6.61 Å². The summed E-state index contributed by atoms with van der Waals surface area (Å²) in [6, 6.07) is 5.20. The van der Waals surface area contributed by atoms with Crippen molar-refractivity contribution in [3.05, 3.63) is 29.3 Å². The highest BCUT2D eigenvalue weighted by molar-refractivity contribution is 5.90. The molecule has 0 aliphatic carbocycles. The minimum atomic E-state index is -0.884. The number of aromatic carboxylic acids is 1. The van der Waals surface area contributed by atoms with Crippen molar-refractivity contribution in [2.45, 2.75) is 33.1 Å². The number of carboxylic acids is 1. The molecular weight excluding hydrogens is 204 g/mol. The van der Waals surface area contributed by atoms with Gasteiger partial charge in [-0.1, -0.05) is 26.3 Å². The van der Waals surface area contributed by atoms with E-state index >= 15 is 0 Å². The van der Waals surface area contributed by atoms with Gasteiger partial charge in [-0.15, -0.1) is 0 Å². The first kappa shape index (κ1) is 12.6. The second-order valence-electron chi connectivity index (χ2n) is 3.69. The van der Waals surface area contributed by atoms with Crippen LogP contribution < -0.4 is 4.74 Å². The molecule has 88 valence electrons. The lowest BCUT2D eigenvalue weighted by molar-refractivity contribution is 0.0695. The molecule has 1 rings (SSSR count). The molecule has 0 amide bonds. The number of hydrogen-bond acceptors (Lipinski definition) is 2. The van der Waals surface area contributed by atoms with E-state index in [2.05, 4.69) is 0 Å². The minimum absolute atomic E-state index is 0.357. The third-order valence-electron chi connectivity index (χ3n) is 2.33. The van der Waals surface area contributed by atoms with Gasteiger partial charge in [-0.05, 0) is 25.0 Å². The lowest BCUT2D eigenvalue weighted by atomic mass is 10.0. The average Bonchev–Trinajstić information content (AvgIpc) is 2.27. The maximum absolute atomic E-state index is 11.1. The summed E-state index contributed by atoms with van der Waals surface area (Å²) in [5, 5.41) is 9.09. The lowest BCUT2D eigenvalue weighted by Gasteiger charge is -2.12. The van der Waals surface area contributed by atoms with Gasteiger partial charge in [0.25, 0.3) is 0 Å². The second-order valence-corrected chi connectivity index (χ2v) is 3.69. The molecule has 3 nitrogen and oxygen atoms in total. The Balaban J connectivity index is 3.05. The van der Waals surface area contributed by atoms with Gasteiger partial charge in [0.15, 0.2) is 0 Å². The minimum Gasteiger partial charge on any atom is -0.493 e. The molecule has 0 spiro atoms. The van der Waals surface area contributed by atoms with E-state index in [9.17, 15) is 4.79 Å². The van der Waals surface area contributed by atoms with Gasteiger partial charge < -0.3 is 9.84 Å². The summed E-state index contributed by atoms with van der Waals surface area (Å²) in [5.74, 6) is -0.172. The Kier molecular flexibility index (Phi) is 4.83. The summed E-state index contributed by atoms with van der Waals surface area (Å²) < 4.78 is 5.57. The van der Waals surface area contributed by atoms with E-state index < -0.39 is 5.97 Å². The average molecular weight is 222 g/mol. The van der Waals surface area contributed by atoms with E-state index in [1.165, 1.54) is 0 Å². The third-order valence-corrected chi connectivity index (χ3v) is 2.33. The van der Waals surface area contributed by atoms with Crippen LogP contribution in [-0.2, 0) is 6.42 Å². The summed E-state index contributed by atoms with van der Waals surface area (Å²) >= 11 is 0. The predicted molar refractivity (Wildman–Crippen MR) is 63.2 cm³/mol. The zero-order valence-corrected chi connectivity index (χ0v) is 9.82. The number of carbonyl (C=O) groups is 1. The Morgan fingerprint density at radius 2 is 2.06 bits per heavy atom. The van der Waals surface area contributed by atoms with Gasteiger partial charge in [-0.2, -0.15) is 0 Å². The fourth-order valence-electron chi connectivity index (χ4n) is 1.62. The fraction of sp³-hybridized carbons (Fsp3) is 0.462. The van der Waals surface area contributed by atoms with E-state index in [1.807, 2.05) is 19.9 Å². The van der Waals surface area contributed by atoms with Crippen LogP contribution in [0.15, 0.2) is 18.2 Å². The Hall–Kier alpha value is -1.51. The predicted octanol–water partition coefficient (Wildman–Crippen LogP) is 3.13. The molecule has 0 radical (unpaired) electrons. The fourth-order valence-corrected chi connectivity index (χ4v) is 1.62. The van der Waals surface area contributed by atoms with Gasteiger partial charge in [0, 0.05) is 5.56 Å². The van der Waals surface area contributed by atoms with Crippen LogP contribution >= 0.6 is 0 Å². The van der Waals surface area contributed by atoms with Crippen molar-refractivity contribution in [1.82, 2.24) is 0 Å². The van der Waals surface area contributed by atoms with Gasteiger partial charge in [-0.25, -0.2) is 4.79 Å². The van der Waals surface area contributed by atoms with E-state index in [-0.39, 0.29) is 0 Å². The summed E-state index contributed by atoms with van der Waals surface area (Å²) in [5.41, 5.74) is 1.17. The number of ether oxygens (including phenoxy) is 1.